The SMILES string of the molecule is O=C1CCCCN1c1cccc(-c2nc(Cl)ncc2F)c1. The van der Waals surface area contributed by atoms with E-state index in [1.807, 2.05) is 6.07 Å². The average Bonchev–Trinajstić information content (AvgIpc) is 2.50. The van der Waals surface area contributed by atoms with Crippen LogP contribution in [0.3, 0.4) is 0 Å². The minimum Gasteiger partial charge on any atom is -0.312 e. The lowest BCUT2D eigenvalue weighted by Crippen LogP contribution is -2.35. The highest BCUT2D eigenvalue weighted by molar-refractivity contribution is 6.28. The molecule has 0 aliphatic carbocycles. The minimum atomic E-state index is -0.540. The summed E-state index contributed by atoms with van der Waals surface area (Å²) in [5, 5.41) is -0.00847. The molecule has 0 bridgehead atoms. The number of nitrogens with zero attached hydrogens (tertiary/aromatic N) is 3. The molecule has 0 N–H and O–H groups in total. The van der Waals surface area contributed by atoms with Crippen molar-refractivity contribution >= 4 is 23.2 Å². The fourth-order valence-corrected chi connectivity index (χ4v) is 2.58. The van der Waals surface area contributed by atoms with Gasteiger partial charge in [0, 0.05) is 24.2 Å². The third kappa shape index (κ3) is 2.88. The van der Waals surface area contributed by atoms with Crippen molar-refractivity contribution in [2.75, 3.05) is 11.4 Å². The van der Waals surface area contributed by atoms with Gasteiger partial charge in [-0.2, -0.15) is 0 Å². The molecule has 0 atom stereocenters. The quantitative estimate of drug-likeness (QED) is 0.798. The second-order valence-electron chi connectivity index (χ2n) is 4.89. The minimum absolute atomic E-state index is 0.00847. The van der Waals surface area contributed by atoms with E-state index in [0.29, 0.717) is 18.5 Å². The number of piperidine rings is 1. The fourth-order valence-electron chi connectivity index (χ4n) is 2.45. The predicted molar refractivity (Wildman–Crippen MR) is 78.6 cm³/mol. The van der Waals surface area contributed by atoms with Gasteiger partial charge in [-0.15, -0.1) is 0 Å². The van der Waals surface area contributed by atoms with Gasteiger partial charge in [-0.05, 0) is 36.6 Å². The van der Waals surface area contributed by atoms with Gasteiger partial charge in [0.15, 0.2) is 5.82 Å². The molecule has 21 heavy (non-hydrogen) atoms. The summed E-state index contributed by atoms with van der Waals surface area (Å²) in [6, 6.07) is 7.11. The third-order valence-corrected chi connectivity index (χ3v) is 3.65. The van der Waals surface area contributed by atoms with Crippen LogP contribution in [0, 0.1) is 5.82 Å². The zero-order chi connectivity index (χ0) is 14.8. The molecule has 4 nitrogen and oxygen atoms in total. The molecule has 1 aliphatic rings. The number of anilines is 1. The van der Waals surface area contributed by atoms with E-state index in [1.54, 1.807) is 23.1 Å². The monoisotopic (exact) mass is 305 g/mol. The van der Waals surface area contributed by atoms with E-state index < -0.39 is 5.82 Å². The first-order valence-electron chi connectivity index (χ1n) is 6.74. The maximum Gasteiger partial charge on any atom is 0.226 e. The molecule has 1 saturated heterocycles. The van der Waals surface area contributed by atoms with Gasteiger partial charge in [0.25, 0.3) is 0 Å². The van der Waals surface area contributed by atoms with Crippen molar-refractivity contribution in [3.63, 3.8) is 0 Å². The Morgan fingerprint density at radius 2 is 2.14 bits per heavy atom. The maximum atomic E-state index is 13.8. The summed E-state index contributed by atoms with van der Waals surface area (Å²) in [6.45, 7) is 0.690. The summed E-state index contributed by atoms with van der Waals surface area (Å²) in [4.78, 5) is 21.2. The Bertz CT molecular complexity index is 692. The van der Waals surface area contributed by atoms with Crippen molar-refractivity contribution < 1.29 is 9.18 Å². The van der Waals surface area contributed by atoms with Crippen molar-refractivity contribution in [1.82, 2.24) is 9.97 Å². The molecule has 2 heterocycles. The molecule has 1 aromatic carbocycles. The van der Waals surface area contributed by atoms with Crippen molar-refractivity contribution in [3.05, 3.63) is 41.6 Å². The highest BCUT2D eigenvalue weighted by Gasteiger charge is 2.20. The molecule has 1 aromatic heterocycles. The Morgan fingerprint density at radius 1 is 1.29 bits per heavy atom. The first-order valence-corrected chi connectivity index (χ1v) is 7.12. The van der Waals surface area contributed by atoms with E-state index in [0.717, 1.165) is 24.7 Å². The predicted octanol–water partition coefficient (Wildman–Crippen LogP) is 3.45. The molecule has 0 spiro atoms. The molecule has 0 unspecified atom stereocenters. The summed E-state index contributed by atoms with van der Waals surface area (Å²) in [5.41, 5.74) is 1.47. The number of halogens is 2. The number of carbonyl (C=O) groups excluding carboxylic acids is 1. The van der Waals surface area contributed by atoms with Gasteiger partial charge in [0.05, 0.1) is 6.20 Å². The Hall–Kier alpha value is -2.01. The number of rotatable bonds is 2. The van der Waals surface area contributed by atoms with E-state index in [-0.39, 0.29) is 16.9 Å². The molecule has 1 aliphatic heterocycles. The van der Waals surface area contributed by atoms with Crippen LogP contribution in [-0.4, -0.2) is 22.4 Å². The summed E-state index contributed by atoms with van der Waals surface area (Å²) in [6.07, 6.45) is 3.50. The Kier molecular flexibility index (Phi) is 3.84. The van der Waals surface area contributed by atoms with Gasteiger partial charge < -0.3 is 4.90 Å². The van der Waals surface area contributed by atoms with Crippen LogP contribution in [-0.2, 0) is 4.79 Å². The molecule has 0 saturated carbocycles. The second kappa shape index (κ2) is 5.77. The van der Waals surface area contributed by atoms with Crippen LogP contribution in [0.2, 0.25) is 5.28 Å². The second-order valence-corrected chi connectivity index (χ2v) is 5.23. The van der Waals surface area contributed by atoms with Crippen LogP contribution in [0.5, 0.6) is 0 Å². The highest BCUT2D eigenvalue weighted by atomic mass is 35.5. The summed E-state index contributed by atoms with van der Waals surface area (Å²) >= 11 is 5.72. The number of amides is 1. The van der Waals surface area contributed by atoms with Crippen LogP contribution < -0.4 is 4.90 Å². The first-order chi connectivity index (χ1) is 10.1. The number of hydrogen-bond donors (Lipinski definition) is 0. The first kappa shape index (κ1) is 13.9. The Morgan fingerprint density at radius 3 is 2.95 bits per heavy atom. The molecular weight excluding hydrogens is 293 g/mol. The lowest BCUT2D eigenvalue weighted by atomic mass is 10.1. The topological polar surface area (TPSA) is 46.1 Å². The maximum absolute atomic E-state index is 13.8. The van der Waals surface area contributed by atoms with E-state index in [1.165, 1.54) is 0 Å². The standard InChI is InChI=1S/C15H13ClFN3O/c16-15-18-9-12(17)14(19-15)10-4-3-5-11(8-10)20-7-2-1-6-13(20)21/h3-5,8-9H,1-2,6-7H2. The van der Waals surface area contributed by atoms with Gasteiger partial charge >= 0.3 is 0 Å². The van der Waals surface area contributed by atoms with Gasteiger partial charge in [-0.3, -0.25) is 4.79 Å². The van der Waals surface area contributed by atoms with E-state index in [4.69, 9.17) is 11.6 Å². The van der Waals surface area contributed by atoms with Gasteiger partial charge in [-0.1, -0.05) is 12.1 Å². The van der Waals surface area contributed by atoms with Gasteiger partial charge in [-0.25, -0.2) is 14.4 Å². The van der Waals surface area contributed by atoms with Crippen LogP contribution in [0.1, 0.15) is 19.3 Å². The van der Waals surface area contributed by atoms with Crippen molar-refractivity contribution in [1.29, 1.82) is 0 Å². The Labute approximate surface area is 126 Å². The summed E-state index contributed by atoms with van der Waals surface area (Å²) in [7, 11) is 0. The van der Waals surface area contributed by atoms with Crippen molar-refractivity contribution in [2.45, 2.75) is 19.3 Å². The summed E-state index contributed by atoms with van der Waals surface area (Å²) in [5.74, 6) is -0.443. The zero-order valence-corrected chi connectivity index (χ0v) is 12.0. The van der Waals surface area contributed by atoms with Gasteiger partial charge in [0.2, 0.25) is 11.2 Å². The smallest absolute Gasteiger partial charge is 0.226 e. The van der Waals surface area contributed by atoms with Crippen molar-refractivity contribution in [2.24, 2.45) is 0 Å². The molecule has 6 heteroatoms. The van der Waals surface area contributed by atoms with Crippen molar-refractivity contribution in [3.8, 4) is 11.3 Å². The molecule has 2 aromatic rings. The number of hydrogen-bond acceptors (Lipinski definition) is 3. The van der Waals surface area contributed by atoms with Crippen LogP contribution in [0.15, 0.2) is 30.5 Å². The van der Waals surface area contributed by atoms with E-state index in [2.05, 4.69) is 9.97 Å². The fraction of sp³-hybridized carbons (Fsp3) is 0.267. The molecule has 3 rings (SSSR count). The summed E-state index contributed by atoms with van der Waals surface area (Å²) < 4.78 is 13.8. The third-order valence-electron chi connectivity index (χ3n) is 3.47. The van der Waals surface area contributed by atoms with Crippen LogP contribution >= 0.6 is 11.6 Å². The highest BCUT2D eigenvalue weighted by Crippen LogP contribution is 2.27. The number of benzene rings is 1. The molecular formula is C15H13ClFN3O. The lowest BCUT2D eigenvalue weighted by Gasteiger charge is -2.27. The molecule has 108 valence electrons. The normalized spacial score (nSPS) is 15.3. The van der Waals surface area contributed by atoms with Crippen LogP contribution in [0.25, 0.3) is 11.3 Å². The average molecular weight is 306 g/mol. The number of aromatic nitrogens is 2. The zero-order valence-electron chi connectivity index (χ0n) is 11.2. The Balaban J connectivity index is 2.00. The van der Waals surface area contributed by atoms with Gasteiger partial charge in [0.1, 0.15) is 5.69 Å². The van der Waals surface area contributed by atoms with Crippen LogP contribution in [0.4, 0.5) is 10.1 Å². The molecule has 1 amide bonds. The largest absolute Gasteiger partial charge is 0.312 e. The van der Waals surface area contributed by atoms with E-state index >= 15 is 0 Å². The number of carbonyl (C=O) groups is 1. The molecule has 0 radical (unpaired) electrons. The van der Waals surface area contributed by atoms with E-state index in [9.17, 15) is 9.18 Å². The molecule has 1 fully saturated rings. The lowest BCUT2D eigenvalue weighted by molar-refractivity contribution is -0.119.